The molecule has 1 aromatic carbocycles. The fraction of sp³-hybridized carbons (Fsp3) is 0.500. The van der Waals surface area contributed by atoms with E-state index in [4.69, 9.17) is 10.5 Å². The van der Waals surface area contributed by atoms with Crippen LogP contribution in [-0.4, -0.2) is 25.1 Å². The third-order valence-corrected chi connectivity index (χ3v) is 3.49. The van der Waals surface area contributed by atoms with Gasteiger partial charge in [0.2, 0.25) is 0 Å². The van der Waals surface area contributed by atoms with Gasteiger partial charge in [0, 0.05) is 17.6 Å². The van der Waals surface area contributed by atoms with Gasteiger partial charge < -0.3 is 15.8 Å². The number of ether oxygens (including phenoxy) is 1. The normalized spacial score (nSPS) is 23.4. The molecule has 0 bridgehead atoms. The van der Waals surface area contributed by atoms with Crippen LogP contribution < -0.4 is 15.8 Å². The fourth-order valence-corrected chi connectivity index (χ4v) is 2.33. The van der Waals surface area contributed by atoms with Crippen LogP contribution in [-0.2, 0) is 0 Å². The minimum absolute atomic E-state index is 0.0556. The quantitative estimate of drug-likeness (QED) is 0.855. The van der Waals surface area contributed by atoms with Crippen molar-refractivity contribution in [3.05, 3.63) is 29.8 Å². The lowest BCUT2D eigenvalue weighted by atomic mass is 9.91. The Bertz CT molecular complexity index is 403. The summed E-state index contributed by atoms with van der Waals surface area (Å²) in [4.78, 5) is 12.1. The summed E-state index contributed by atoms with van der Waals surface area (Å²) in [5.74, 6) is 0.695. The highest BCUT2D eigenvalue weighted by molar-refractivity contribution is 5.94. The molecule has 0 heterocycles. The van der Waals surface area contributed by atoms with Crippen LogP contribution >= 0.6 is 0 Å². The van der Waals surface area contributed by atoms with Gasteiger partial charge in [-0.2, -0.15) is 0 Å². The molecule has 2 unspecified atom stereocenters. The molecule has 2 atom stereocenters. The van der Waals surface area contributed by atoms with Gasteiger partial charge in [-0.1, -0.05) is 12.8 Å². The number of carbonyl (C=O) groups excluding carboxylic acids is 1. The van der Waals surface area contributed by atoms with Gasteiger partial charge in [-0.05, 0) is 37.1 Å². The molecule has 1 aliphatic rings. The molecule has 18 heavy (non-hydrogen) atoms. The second-order valence-corrected chi connectivity index (χ2v) is 4.76. The Morgan fingerprint density at radius 2 is 1.94 bits per heavy atom. The highest BCUT2D eigenvalue weighted by Crippen LogP contribution is 2.18. The average Bonchev–Trinajstić information content (AvgIpc) is 2.41. The van der Waals surface area contributed by atoms with Gasteiger partial charge >= 0.3 is 0 Å². The maximum absolute atomic E-state index is 12.1. The summed E-state index contributed by atoms with van der Waals surface area (Å²) in [6.45, 7) is 0. The molecule has 0 saturated heterocycles. The van der Waals surface area contributed by atoms with Crippen molar-refractivity contribution < 1.29 is 9.53 Å². The highest BCUT2D eigenvalue weighted by atomic mass is 16.5. The number of benzene rings is 1. The maximum atomic E-state index is 12.1. The number of carbonyl (C=O) groups is 1. The number of hydrogen-bond donors (Lipinski definition) is 2. The van der Waals surface area contributed by atoms with Crippen molar-refractivity contribution in [1.82, 2.24) is 5.32 Å². The molecule has 0 spiro atoms. The second-order valence-electron chi connectivity index (χ2n) is 4.76. The van der Waals surface area contributed by atoms with Crippen molar-refractivity contribution in [2.24, 2.45) is 5.73 Å². The number of nitrogens with two attached hydrogens (primary N) is 1. The van der Waals surface area contributed by atoms with E-state index >= 15 is 0 Å². The van der Waals surface area contributed by atoms with Crippen molar-refractivity contribution >= 4 is 5.91 Å². The van der Waals surface area contributed by atoms with Crippen LogP contribution in [0.4, 0.5) is 0 Å². The van der Waals surface area contributed by atoms with Crippen LogP contribution in [0, 0.1) is 0 Å². The van der Waals surface area contributed by atoms with Crippen LogP contribution in [0.5, 0.6) is 5.75 Å². The molecule has 1 fully saturated rings. The largest absolute Gasteiger partial charge is 0.497 e. The lowest BCUT2D eigenvalue weighted by molar-refractivity contribution is 0.0921. The standard InChI is InChI=1S/C14H20N2O2/c1-18-11-8-6-10(7-9-11)14(17)16-13-5-3-2-4-12(13)15/h6-9,12-13H,2-5,15H2,1H3,(H,16,17). The molecule has 3 N–H and O–H groups in total. The first kappa shape index (κ1) is 12.9. The third kappa shape index (κ3) is 3.01. The molecule has 4 heteroatoms. The molecule has 1 aliphatic carbocycles. The number of amides is 1. The summed E-state index contributed by atoms with van der Waals surface area (Å²) in [5, 5.41) is 3.02. The Morgan fingerprint density at radius 3 is 2.56 bits per heavy atom. The van der Waals surface area contributed by atoms with E-state index in [1.54, 1.807) is 31.4 Å². The Hall–Kier alpha value is -1.55. The van der Waals surface area contributed by atoms with Crippen LogP contribution in [0.3, 0.4) is 0 Å². The molecule has 0 radical (unpaired) electrons. The van der Waals surface area contributed by atoms with Crippen molar-refractivity contribution in [3.63, 3.8) is 0 Å². The molecule has 2 rings (SSSR count). The number of rotatable bonds is 3. The van der Waals surface area contributed by atoms with Crippen LogP contribution in [0.1, 0.15) is 36.0 Å². The first-order valence-corrected chi connectivity index (χ1v) is 6.41. The summed E-state index contributed by atoms with van der Waals surface area (Å²) in [7, 11) is 1.61. The van der Waals surface area contributed by atoms with Crippen LogP contribution in [0.2, 0.25) is 0 Å². The molecule has 1 amide bonds. The van der Waals surface area contributed by atoms with Crippen molar-refractivity contribution in [1.29, 1.82) is 0 Å². The first-order chi connectivity index (χ1) is 8.70. The zero-order valence-electron chi connectivity index (χ0n) is 10.7. The van der Waals surface area contributed by atoms with Gasteiger partial charge in [0.25, 0.3) is 5.91 Å². The Labute approximate surface area is 108 Å². The van der Waals surface area contributed by atoms with Gasteiger partial charge in [0.15, 0.2) is 0 Å². The molecule has 0 aliphatic heterocycles. The number of hydrogen-bond acceptors (Lipinski definition) is 3. The number of nitrogens with one attached hydrogen (secondary N) is 1. The molecular weight excluding hydrogens is 228 g/mol. The van der Waals surface area contributed by atoms with E-state index in [0.29, 0.717) is 5.56 Å². The van der Waals surface area contributed by atoms with Gasteiger partial charge in [-0.15, -0.1) is 0 Å². The monoisotopic (exact) mass is 248 g/mol. The van der Waals surface area contributed by atoms with Gasteiger partial charge in [0.1, 0.15) is 5.75 Å². The van der Waals surface area contributed by atoms with Crippen molar-refractivity contribution in [2.75, 3.05) is 7.11 Å². The predicted octanol–water partition coefficient (Wildman–Crippen LogP) is 1.69. The summed E-state index contributed by atoms with van der Waals surface area (Å²) >= 11 is 0. The summed E-state index contributed by atoms with van der Waals surface area (Å²) < 4.78 is 5.06. The fourth-order valence-electron chi connectivity index (χ4n) is 2.33. The van der Waals surface area contributed by atoms with E-state index in [1.165, 1.54) is 0 Å². The third-order valence-electron chi connectivity index (χ3n) is 3.49. The summed E-state index contributed by atoms with van der Waals surface area (Å²) in [6, 6.07) is 7.30. The summed E-state index contributed by atoms with van der Waals surface area (Å²) in [6.07, 6.45) is 4.27. The molecule has 98 valence electrons. The van der Waals surface area contributed by atoms with Gasteiger partial charge in [-0.25, -0.2) is 0 Å². The second kappa shape index (κ2) is 5.87. The van der Waals surface area contributed by atoms with Crippen LogP contribution in [0.25, 0.3) is 0 Å². The number of methoxy groups -OCH3 is 1. The van der Waals surface area contributed by atoms with Crippen molar-refractivity contribution in [3.8, 4) is 5.75 Å². The lowest BCUT2D eigenvalue weighted by Crippen LogP contribution is -2.49. The highest BCUT2D eigenvalue weighted by Gasteiger charge is 2.23. The first-order valence-electron chi connectivity index (χ1n) is 6.41. The van der Waals surface area contributed by atoms with Gasteiger partial charge in [-0.3, -0.25) is 4.79 Å². The predicted molar refractivity (Wildman–Crippen MR) is 70.7 cm³/mol. The zero-order valence-corrected chi connectivity index (χ0v) is 10.7. The molecule has 1 saturated carbocycles. The zero-order chi connectivity index (χ0) is 13.0. The van der Waals surface area contributed by atoms with Crippen molar-refractivity contribution in [2.45, 2.75) is 37.8 Å². The Morgan fingerprint density at radius 1 is 1.28 bits per heavy atom. The maximum Gasteiger partial charge on any atom is 0.251 e. The summed E-state index contributed by atoms with van der Waals surface area (Å²) in [5.41, 5.74) is 6.66. The van der Waals surface area contributed by atoms with E-state index in [1.807, 2.05) is 0 Å². The smallest absolute Gasteiger partial charge is 0.251 e. The van der Waals surface area contributed by atoms with E-state index in [0.717, 1.165) is 31.4 Å². The Kier molecular flexibility index (Phi) is 4.20. The van der Waals surface area contributed by atoms with E-state index < -0.39 is 0 Å². The SMILES string of the molecule is COc1ccc(C(=O)NC2CCCCC2N)cc1. The molecule has 4 nitrogen and oxygen atoms in total. The minimum Gasteiger partial charge on any atom is -0.497 e. The Balaban J connectivity index is 1.97. The molecule has 0 aromatic heterocycles. The van der Waals surface area contributed by atoms with Gasteiger partial charge in [0.05, 0.1) is 7.11 Å². The van der Waals surface area contributed by atoms with E-state index in [9.17, 15) is 4.79 Å². The molecule has 1 aromatic rings. The molecular formula is C14H20N2O2. The lowest BCUT2D eigenvalue weighted by Gasteiger charge is -2.29. The van der Waals surface area contributed by atoms with E-state index in [-0.39, 0.29) is 18.0 Å². The average molecular weight is 248 g/mol. The van der Waals surface area contributed by atoms with E-state index in [2.05, 4.69) is 5.32 Å². The minimum atomic E-state index is -0.0556. The van der Waals surface area contributed by atoms with Crippen LogP contribution in [0.15, 0.2) is 24.3 Å². The topological polar surface area (TPSA) is 64.3 Å².